The predicted molar refractivity (Wildman–Crippen MR) is 68.1 cm³/mol. The van der Waals surface area contributed by atoms with Crippen molar-refractivity contribution in [1.82, 2.24) is 4.90 Å². The second-order valence-electron chi connectivity index (χ2n) is 4.98. The van der Waals surface area contributed by atoms with Gasteiger partial charge in [0.1, 0.15) is 0 Å². The Labute approximate surface area is 106 Å². The van der Waals surface area contributed by atoms with E-state index in [9.17, 15) is 0 Å². The summed E-state index contributed by atoms with van der Waals surface area (Å²) in [5.74, 6) is 0. The molecule has 0 amide bonds. The third-order valence-electron chi connectivity index (χ3n) is 3.69. The van der Waals surface area contributed by atoms with E-state index in [1.165, 1.54) is 5.56 Å². The minimum Gasteiger partial charge on any atom is -0.371 e. The van der Waals surface area contributed by atoms with Crippen molar-refractivity contribution < 1.29 is 4.74 Å². The quantitative estimate of drug-likeness (QED) is 0.829. The van der Waals surface area contributed by atoms with Gasteiger partial charge in [0.15, 0.2) is 0 Å². The van der Waals surface area contributed by atoms with Crippen molar-refractivity contribution >= 4 is 11.6 Å². The molecule has 0 unspecified atom stereocenters. The molecule has 2 heterocycles. The van der Waals surface area contributed by atoms with Crippen LogP contribution in [-0.4, -0.2) is 36.7 Å². The fourth-order valence-electron chi connectivity index (χ4n) is 2.79. The van der Waals surface area contributed by atoms with Crippen LogP contribution in [-0.2, 0) is 4.74 Å². The standard InChI is InChI=1S/C13H17ClN2O/c14-10-3-1-9(2-4-10)13-7-16-6-11(15)5-12(16)8-17-13/h1-4,11-13H,5-8,15H2/t11-,12+,13-/m1/s1. The zero-order valence-corrected chi connectivity index (χ0v) is 10.4. The van der Waals surface area contributed by atoms with Gasteiger partial charge in [-0.3, -0.25) is 4.90 Å². The number of morpholine rings is 1. The van der Waals surface area contributed by atoms with Crippen molar-refractivity contribution in [2.24, 2.45) is 5.73 Å². The van der Waals surface area contributed by atoms with E-state index in [1.807, 2.05) is 24.3 Å². The van der Waals surface area contributed by atoms with Crippen LogP contribution in [0.25, 0.3) is 0 Å². The van der Waals surface area contributed by atoms with Crippen molar-refractivity contribution in [2.75, 3.05) is 19.7 Å². The van der Waals surface area contributed by atoms with Crippen molar-refractivity contribution in [3.63, 3.8) is 0 Å². The first kappa shape index (κ1) is 11.5. The SMILES string of the molecule is N[C@@H]1C[C@H]2CO[C@@H](c3ccc(Cl)cc3)CN2C1. The van der Waals surface area contributed by atoms with Gasteiger partial charge in [-0.1, -0.05) is 23.7 Å². The summed E-state index contributed by atoms with van der Waals surface area (Å²) < 4.78 is 5.93. The summed E-state index contributed by atoms with van der Waals surface area (Å²) >= 11 is 5.89. The Hall–Kier alpha value is -0.610. The van der Waals surface area contributed by atoms with Crippen LogP contribution in [0.15, 0.2) is 24.3 Å². The van der Waals surface area contributed by atoms with Crippen LogP contribution in [0.4, 0.5) is 0 Å². The highest BCUT2D eigenvalue weighted by atomic mass is 35.5. The number of hydrogen-bond donors (Lipinski definition) is 1. The molecule has 1 aromatic rings. The van der Waals surface area contributed by atoms with Crippen LogP contribution >= 0.6 is 11.6 Å². The maximum absolute atomic E-state index is 5.98. The van der Waals surface area contributed by atoms with Gasteiger partial charge < -0.3 is 10.5 Å². The fraction of sp³-hybridized carbons (Fsp3) is 0.538. The molecule has 0 bridgehead atoms. The summed E-state index contributed by atoms with van der Waals surface area (Å²) in [6.07, 6.45) is 1.22. The van der Waals surface area contributed by atoms with E-state index in [2.05, 4.69) is 4.90 Å². The number of fused-ring (bicyclic) bond motifs is 1. The zero-order valence-electron chi connectivity index (χ0n) is 9.68. The van der Waals surface area contributed by atoms with Gasteiger partial charge in [0.25, 0.3) is 0 Å². The Bertz CT molecular complexity index is 395. The summed E-state index contributed by atoms with van der Waals surface area (Å²) in [7, 11) is 0. The van der Waals surface area contributed by atoms with E-state index < -0.39 is 0 Å². The summed E-state index contributed by atoms with van der Waals surface area (Å²) in [6.45, 7) is 2.74. The Kier molecular flexibility index (Phi) is 3.09. The number of rotatable bonds is 1. The van der Waals surface area contributed by atoms with Gasteiger partial charge in [0.05, 0.1) is 12.7 Å². The molecule has 1 aromatic carbocycles. The van der Waals surface area contributed by atoms with Gasteiger partial charge in [-0.05, 0) is 24.1 Å². The molecule has 2 fully saturated rings. The molecular weight excluding hydrogens is 236 g/mol. The first-order valence-corrected chi connectivity index (χ1v) is 6.47. The molecule has 2 aliphatic rings. The molecular formula is C13H17ClN2O. The topological polar surface area (TPSA) is 38.5 Å². The lowest BCUT2D eigenvalue weighted by molar-refractivity contribution is -0.0501. The lowest BCUT2D eigenvalue weighted by atomic mass is 10.1. The summed E-state index contributed by atoms with van der Waals surface area (Å²) in [6, 6.07) is 8.76. The van der Waals surface area contributed by atoms with Crippen molar-refractivity contribution in [3.05, 3.63) is 34.9 Å². The van der Waals surface area contributed by atoms with Gasteiger partial charge in [-0.15, -0.1) is 0 Å². The third-order valence-corrected chi connectivity index (χ3v) is 3.94. The van der Waals surface area contributed by atoms with Gasteiger partial charge in [-0.2, -0.15) is 0 Å². The van der Waals surface area contributed by atoms with Gasteiger partial charge in [-0.25, -0.2) is 0 Å². The molecule has 3 rings (SSSR count). The maximum atomic E-state index is 5.98. The molecule has 0 spiro atoms. The van der Waals surface area contributed by atoms with Crippen molar-refractivity contribution in [1.29, 1.82) is 0 Å². The van der Waals surface area contributed by atoms with Gasteiger partial charge in [0.2, 0.25) is 0 Å². The van der Waals surface area contributed by atoms with Crippen LogP contribution in [0, 0.1) is 0 Å². The number of hydrogen-bond acceptors (Lipinski definition) is 3. The first-order chi connectivity index (χ1) is 8.22. The zero-order chi connectivity index (χ0) is 11.8. The largest absolute Gasteiger partial charge is 0.371 e. The molecule has 0 radical (unpaired) electrons. The predicted octanol–water partition coefficient (Wildman–Crippen LogP) is 1.81. The van der Waals surface area contributed by atoms with E-state index in [1.54, 1.807) is 0 Å². The molecule has 3 nitrogen and oxygen atoms in total. The van der Waals surface area contributed by atoms with E-state index in [0.29, 0.717) is 12.1 Å². The Morgan fingerprint density at radius 1 is 1.24 bits per heavy atom. The average molecular weight is 253 g/mol. The van der Waals surface area contributed by atoms with Crippen molar-refractivity contribution in [3.8, 4) is 0 Å². The van der Waals surface area contributed by atoms with E-state index in [4.69, 9.17) is 22.1 Å². The molecule has 17 heavy (non-hydrogen) atoms. The molecule has 0 aliphatic carbocycles. The number of nitrogens with two attached hydrogens (primary N) is 1. The molecule has 2 saturated heterocycles. The normalized spacial score (nSPS) is 33.6. The molecule has 0 aromatic heterocycles. The first-order valence-electron chi connectivity index (χ1n) is 6.09. The Balaban J connectivity index is 1.72. The number of nitrogens with zero attached hydrogens (tertiary/aromatic N) is 1. The lowest BCUT2D eigenvalue weighted by Gasteiger charge is -2.35. The molecule has 0 saturated carbocycles. The lowest BCUT2D eigenvalue weighted by Crippen LogP contribution is -2.42. The van der Waals surface area contributed by atoms with Gasteiger partial charge >= 0.3 is 0 Å². The van der Waals surface area contributed by atoms with Crippen LogP contribution in [0.2, 0.25) is 5.02 Å². The minimum absolute atomic E-state index is 0.161. The van der Waals surface area contributed by atoms with Crippen LogP contribution in [0.5, 0.6) is 0 Å². The highest BCUT2D eigenvalue weighted by Crippen LogP contribution is 2.30. The number of benzene rings is 1. The maximum Gasteiger partial charge on any atom is 0.0952 e. The average Bonchev–Trinajstić information content (AvgIpc) is 2.69. The highest BCUT2D eigenvalue weighted by Gasteiger charge is 2.36. The second-order valence-corrected chi connectivity index (χ2v) is 5.41. The van der Waals surface area contributed by atoms with E-state index in [0.717, 1.165) is 31.1 Å². The van der Waals surface area contributed by atoms with Crippen LogP contribution in [0.3, 0.4) is 0 Å². The van der Waals surface area contributed by atoms with E-state index >= 15 is 0 Å². The summed E-state index contributed by atoms with van der Waals surface area (Å²) in [4.78, 5) is 2.45. The molecule has 2 N–H and O–H groups in total. The summed E-state index contributed by atoms with van der Waals surface area (Å²) in [5.41, 5.74) is 7.19. The summed E-state index contributed by atoms with van der Waals surface area (Å²) in [5, 5.41) is 0.769. The number of ether oxygens (including phenoxy) is 1. The van der Waals surface area contributed by atoms with Gasteiger partial charge in [0, 0.05) is 30.2 Å². The van der Waals surface area contributed by atoms with Crippen LogP contribution in [0.1, 0.15) is 18.1 Å². The monoisotopic (exact) mass is 252 g/mol. The highest BCUT2D eigenvalue weighted by molar-refractivity contribution is 6.30. The third kappa shape index (κ3) is 2.33. The minimum atomic E-state index is 0.161. The molecule has 2 aliphatic heterocycles. The Morgan fingerprint density at radius 3 is 2.76 bits per heavy atom. The molecule has 92 valence electrons. The smallest absolute Gasteiger partial charge is 0.0952 e. The fourth-order valence-corrected chi connectivity index (χ4v) is 2.92. The second kappa shape index (κ2) is 4.58. The number of halogens is 1. The van der Waals surface area contributed by atoms with Crippen molar-refractivity contribution in [2.45, 2.75) is 24.6 Å². The molecule has 4 heteroatoms. The molecule has 3 atom stereocenters. The van der Waals surface area contributed by atoms with E-state index in [-0.39, 0.29) is 6.10 Å². The van der Waals surface area contributed by atoms with Crippen LogP contribution < -0.4 is 5.73 Å². The Morgan fingerprint density at radius 2 is 2.00 bits per heavy atom.